The SMILES string of the molecule is Fc1ccc(C(Cl)C2CCOCC2)c(F)c1. The molecule has 0 aromatic heterocycles. The Hall–Kier alpha value is -0.670. The van der Waals surface area contributed by atoms with E-state index in [-0.39, 0.29) is 5.92 Å². The lowest BCUT2D eigenvalue weighted by molar-refractivity contribution is 0.0648. The maximum atomic E-state index is 13.5. The number of rotatable bonds is 2. The Kier molecular flexibility index (Phi) is 3.77. The van der Waals surface area contributed by atoms with Crippen LogP contribution in [0.2, 0.25) is 0 Å². The predicted molar refractivity (Wildman–Crippen MR) is 58.5 cm³/mol. The third-order valence-corrected chi connectivity index (χ3v) is 3.53. The normalized spacial score (nSPS) is 19.7. The number of halogens is 3. The van der Waals surface area contributed by atoms with Gasteiger partial charge in [-0.05, 0) is 24.8 Å². The van der Waals surface area contributed by atoms with Gasteiger partial charge in [0.1, 0.15) is 11.6 Å². The fourth-order valence-electron chi connectivity index (χ4n) is 1.99. The zero-order chi connectivity index (χ0) is 11.5. The Bertz CT molecular complexity index is 364. The highest BCUT2D eigenvalue weighted by Gasteiger charge is 2.25. The molecule has 1 atom stereocenters. The number of hydrogen-bond donors (Lipinski definition) is 0. The average molecular weight is 247 g/mol. The van der Waals surface area contributed by atoms with Crippen LogP contribution in [0.15, 0.2) is 18.2 Å². The summed E-state index contributed by atoms with van der Waals surface area (Å²) in [4.78, 5) is 0. The summed E-state index contributed by atoms with van der Waals surface area (Å²) in [7, 11) is 0. The quantitative estimate of drug-likeness (QED) is 0.724. The molecule has 0 saturated carbocycles. The first-order chi connectivity index (χ1) is 7.68. The van der Waals surface area contributed by atoms with Crippen LogP contribution in [0.3, 0.4) is 0 Å². The molecule has 1 nitrogen and oxygen atoms in total. The number of ether oxygens (including phenoxy) is 1. The van der Waals surface area contributed by atoms with Gasteiger partial charge in [0.2, 0.25) is 0 Å². The molecule has 1 aliphatic heterocycles. The van der Waals surface area contributed by atoms with Gasteiger partial charge in [0.25, 0.3) is 0 Å². The Balaban J connectivity index is 2.15. The zero-order valence-corrected chi connectivity index (χ0v) is 9.51. The molecule has 0 N–H and O–H groups in total. The van der Waals surface area contributed by atoms with E-state index in [1.165, 1.54) is 12.1 Å². The van der Waals surface area contributed by atoms with Crippen LogP contribution in [0.1, 0.15) is 23.8 Å². The smallest absolute Gasteiger partial charge is 0.130 e. The predicted octanol–water partition coefficient (Wildman–Crippen LogP) is 3.67. The molecule has 0 spiro atoms. The van der Waals surface area contributed by atoms with Gasteiger partial charge in [0.05, 0.1) is 5.38 Å². The van der Waals surface area contributed by atoms with Crippen molar-refractivity contribution < 1.29 is 13.5 Å². The van der Waals surface area contributed by atoms with Crippen LogP contribution in [-0.4, -0.2) is 13.2 Å². The summed E-state index contributed by atoms with van der Waals surface area (Å²) < 4.78 is 31.5. The summed E-state index contributed by atoms with van der Waals surface area (Å²) >= 11 is 6.22. The van der Waals surface area contributed by atoms with Crippen molar-refractivity contribution in [3.63, 3.8) is 0 Å². The second-order valence-electron chi connectivity index (χ2n) is 4.02. The monoisotopic (exact) mass is 246 g/mol. The van der Waals surface area contributed by atoms with Crippen molar-refractivity contribution in [3.8, 4) is 0 Å². The molecule has 1 heterocycles. The van der Waals surface area contributed by atoms with Crippen molar-refractivity contribution in [2.24, 2.45) is 5.92 Å². The first-order valence-corrected chi connectivity index (χ1v) is 5.79. The maximum absolute atomic E-state index is 13.5. The zero-order valence-electron chi connectivity index (χ0n) is 8.76. The van der Waals surface area contributed by atoms with E-state index in [1.807, 2.05) is 0 Å². The third-order valence-electron chi connectivity index (χ3n) is 2.94. The second-order valence-corrected chi connectivity index (χ2v) is 4.49. The molecule has 16 heavy (non-hydrogen) atoms. The maximum Gasteiger partial charge on any atom is 0.130 e. The Morgan fingerprint density at radius 2 is 1.94 bits per heavy atom. The van der Waals surface area contributed by atoms with Crippen LogP contribution in [-0.2, 0) is 4.74 Å². The molecule has 0 amide bonds. The minimum Gasteiger partial charge on any atom is -0.381 e. The first-order valence-electron chi connectivity index (χ1n) is 5.35. The van der Waals surface area contributed by atoms with Crippen LogP contribution in [0.4, 0.5) is 8.78 Å². The highest BCUT2D eigenvalue weighted by atomic mass is 35.5. The van der Waals surface area contributed by atoms with Crippen molar-refractivity contribution in [3.05, 3.63) is 35.4 Å². The second kappa shape index (κ2) is 5.11. The number of hydrogen-bond acceptors (Lipinski definition) is 1. The summed E-state index contributed by atoms with van der Waals surface area (Å²) in [6.45, 7) is 1.33. The standard InChI is InChI=1S/C12H13ClF2O/c13-12(8-3-5-16-6-4-8)10-2-1-9(14)7-11(10)15/h1-2,7-8,12H,3-6H2. The van der Waals surface area contributed by atoms with Gasteiger partial charge in [-0.2, -0.15) is 0 Å². The van der Waals surface area contributed by atoms with E-state index in [2.05, 4.69) is 0 Å². The average Bonchev–Trinajstić information content (AvgIpc) is 2.29. The molecule has 0 radical (unpaired) electrons. The fourth-order valence-corrected chi connectivity index (χ4v) is 2.42. The van der Waals surface area contributed by atoms with Crippen molar-refractivity contribution in [2.45, 2.75) is 18.2 Å². The van der Waals surface area contributed by atoms with E-state index in [1.54, 1.807) is 0 Å². The molecule has 1 aliphatic rings. The topological polar surface area (TPSA) is 9.23 Å². The summed E-state index contributed by atoms with van der Waals surface area (Å²) in [5, 5.41) is -0.399. The summed E-state index contributed by atoms with van der Waals surface area (Å²) in [6.07, 6.45) is 1.65. The van der Waals surface area contributed by atoms with Gasteiger partial charge in [-0.25, -0.2) is 8.78 Å². The molecule has 1 aromatic rings. The molecular weight excluding hydrogens is 234 g/mol. The number of alkyl halides is 1. The molecule has 1 fully saturated rings. The van der Waals surface area contributed by atoms with Crippen LogP contribution in [0.25, 0.3) is 0 Å². The highest BCUT2D eigenvalue weighted by Crippen LogP contribution is 2.36. The molecule has 1 aromatic carbocycles. The lowest BCUT2D eigenvalue weighted by atomic mass is 9.91. The van der Waals surface area contributed by atoms with Crippen molar-refractivity contribution in [1.82, 2.24) is 0 Å². The molecular formula is C12H13ClF2O. The first kappa shape index (κ1) is 11.8. The lowest BCUT2D eigenvalue weighted by Crippen LogP contribution is -2.20. The summed E-state index contributed by atoms with van der Waals surface area (Å²) in [5.41, 5.74) is 0.384. The molecule has 88 valence electrons. The Labute approximate surface area is 98.4 Å². The molecule has 0 aliphatic carbocycles. The van der Waals surface area contributed by atoms with Crippen LogP contribution >= 0.6 is 11.6 Å². The van der Waals surface area contributed by atoms with E-state index in [9.17, 15) is 8.78 Å². The Morgan fingerprint density at radius 1 is 1.25 bits per heavy atom. The van der Waals surface area contributed by atoms with Crippen molar-refractivity contribution in [2.75, 3.05) is 13.2 Å². The van der Waals surface area contributed by atoms with Gasteiger partial charge < -0.3 is 4.74 Å². The van der Waals surface area contributed by atoms with E-state index in [0.29, 0.717) is 18.8 Å². The Morgan fingerprint density at radius 3 is 2.56 bits per heavy atom. The fraction of sp³-hybridized carbons (Fsp3) is 0.500. The van der Waals surface area contributed by atoms with Gasteiger partial charge in [0.15, 0.2) is 0 Å². The molecule has 1 unspecified atom stereocenters. The largest absolute Gasteiger partial charge is 0.381 e. The van der Waals surface area contributed by atoms with E-state index in [0.717, 1.165) is 18.9 Å². The van der Waals surface area contributed by atoms with Crippen molar-refractivity contribution in [1.29, 1.82) is 0 Å². The van der Waals surface area contributed by atoms with Gasteiger partial charge in [-0.1, -0.05) is 6.07 Å². The lowest BCUT2D eigenvalue weighted by Gasteiger charge is -2.26. The highest BCUT2D eigenvalue weighted by molar-refractivity contribution is 6.21. The van der Waals surface area contributed by atoms with E-state index in [4.69, 9.17) is 16.3 Å². The van der Waals surface area contributed by atoms with Crippen LogP contribution < -0.4 is 0 Å². The minimum absolute atomic E-state index is 0.204. The van der Waals surface area contributed by atoms with E-state index >= 15 is 0 Å². The molecule has 0 bridgehead atoms. The third kappa shape index (κ3) is 2.53. The summed E-state index contributed by atoms with van der Waals surface area (Å²) in [6, 6.07) is 3.55. The van der Waals surface area contributed by atoms with E-state index < -0.39 is 17.0 Å². The van der Waals surface area contributed by atoms with Gasteiger partial charge in [0, 0.05) is 24.8 Å². The minimum atomic E-state index is -0.572. The van der Waals surface area contributed by atoms with Crippen LogP contribution in [0, 0.1) is 17.6 Å². The van der Waals surface area contributed by atoms with Gasteiger partial charge in [-0.15, -0.1) is 11.6 Å². The molecule has 2 rings (SSSR count). The summed E-state index contributed by atoms with van der Waals surface area (Å²) in [5.74, 6) is -0.932. The molecule has 1 saturated heterocycles. The van der Waals surface area contributed by atoms with Gasteiger partial charge >= 0.3 is 0 Å². The van der Waals surface area contributed by atoms with Crippen LogP contribution in [0.5, 0.6) is 0 Å². The van der Waals surface area contributed by atoms with Crippen molar-refractivity contribution >= 4 is 11.6 Å². The van der Waals surface area contributed by atoms with Gasteiger partial charge in [-0.3, -0.25) is 0 Å². The number of benzene rings is 1. The molecule has 4 heteroatoms.